The van der Waals surface area contributed by atoms with Gasteiger partial charge in [-0.25, -0.2) is 0 Å². The zero-order chi connectivity index (χ0) is 41.7. The third kappa shape index (κ3) is 7.98. The zero-order valence-corrected chi connectivity index (χ0v) is 36.8. The second-order valence-corrected chi connectivity index (χ2v) is 17.4. The van der Waals surface area contributed by atoms with Gasteiger partial charge in [-0.3, -0.25) is 9.59 Å². The summed E-state index contributed by atoms with van der Waals surface area (Å²) in [6.07, 6.45) is 6.18. The van der Waals surface area contributed by atoms with Crippen molar-refractivity contribution in [1.82, 2.24) is 9.13 Å². The molecule has 0 saturated carbocycles. The molecule has 0 spiro atoms. The lowest BCUT2D eigenvalue weighted by molar-refractivity contribution is 0.00578. The minimum Gasteiger partial charge on any atom is -0.399 e. The van der Waals surface area contributed by atoms with Crippen LogP contribution in [0.1, 0.15) is 92.8 Å². The van der Waals surface area contributed by atoms with E-state index in [1.807, 2.05) is 119 Å². The number of aromatic nitrogens is 2. The fourth-order valence-electron chi connectivity index (χ4n) is 7.48. The van der Waals surface area contributed by atoms with Gasteiger partial charge in [0.15, 0.2) is 0 Å². The fourth-order valence-corrected chi connectivity index (χ4v) is 7.48. The number of anilines is 2. The summed E-state index contributed by atoms with van der Waals surface area (Å²) < 4.78 is 16.5. The Kier molecular flexibility index (Phi) is 11.2. The number of aryl methyl sites for hydroxylation is 2. The largest absolute Gasteiger partial charge is 0.494 e. The van der Waals surface area contributed by atoms with Gasteiger partial charge < -0.3 is 28.2 Å². The first-order valence-corrected chi connectivity index (χ1v) is 20.6. The molecule has 0 atom stereocenters. The first-order valence-electron chi connectivity index (χ1n) is 19.7. The lowest BCUT2D eigenvalue weighted by atomic mass is 9.78. The van der Waals surface area contributed by atoms with Crippen LogP contribution in [0.5, 0.6) is 0 Å². The number of hydrogen-bond acceptors (Lipinski definition) is 4. The molecule has 5 heterocycles. The van der Waals surface area contributed by atoms with Crippen molar-refractivity contribution >= 4 is 79.6 Å². The van der Waals surface area contributed by atoms with Crippen LogP contribution in [-0.2, 0) is 36.5 Å². The van der Waals surface area contributed by atoms with E-state index in [0.29, 0.717) is 13.1 Å². The molecule has 0 radical (unpaired) electrons. The Morgan fingerprint density at radius 2 is 1.10 bits per heavy atom. The van der Waals surface area contributed by atoms with Gasteiger partial charge in [0, 0.05) is 70.8 Å². The van der Waals surface area contributed by atoms with Crippen molar-refractivity contribution in [3.8, 4) is 0 Å². The number of amides is 2. The van der Waals surface area contributed by atoms with Crippen LogP contribution in [0.4, 0.5) is 11.4 Å². The number of halogens is 1. The van der Waals surface area contributed by atoms with Gasteiger partial charge in [0.1, 0.15) is 0 Å². The second-order valence-electron chi connectivity index (χ2n) is 17.0. The molecule has 2 aromatic heterocycles. The van der Waals surface area contributed by atoms with Crippen LogP contribution in [0.2, 0.25) is 0 Å². The second kappa shape index (κ2) is 15.9. The van der Waals surface area contributed by atoms with Crippen LogP contribution in [0.25, 0.3) is 27.9 Å². The average molecular weight is 840 g/mol. The maximum Gasteiger partial charge on any atom is 0.494 e. The SMILES string of the molecule is CC(C)=CBr.CC(C)=Cc1ccc2c(c1)C(=O)N(c1ccc3c(ccn3C)c1)C2.Cn1ccc2cc(N3Cc4ccc(B5OC(C)(C)C(C)(C)O5)cc4C3=O)ccc21. The normalized spacial score (nSPS) is 16.2. The summed E-state index contributed by atoms with van der Waals surface area (Å²) in [7, 11) is 3.59. The number of nitrogens with zero attached hydrogens (tertiary/aromatic N) is 4. The smallest absolute Gasteiger partial charge is 0.399 e. The van der Waals surface area contributed by atoms with E-state index in [-0.39, 0.29) is 11.8 Å². The summed E-state index contributed by atoms with van der Waals surface area (Å²) in [5.41, 5.74) is 11.6. The molecular weight excluding hydrogens is 787 g/mol. The molecule has 0 aliphatic carbocycles. The van der Waals surface area contributed by atoms with Crippen molar-refractivity contribution in [2.45, 2.75) is 79.7 Å². The van der Waals surface area contributed by atoms with Gasteiger partial charge in [0.05, 0.1) is 24.3 Å². The van der Waals surface area contributed by atoms with Crippen molar-refractivity contribution in [1.29, 1.82) is 0 Å². The predicted molar refractivity (Wildman–Crippen MR) is 243 cm³/mol. The summed E-state index contributed by atoms with van der Waals surface area (Å²) in [5, 5.41) is 2.29. The zero-order valence-electron chi connectivity index (χ0n) is 35.2. The summed E-state index contributed by atoms with van der Waals surface area (Å²) >= 11 is 3.15. The summed E-state index contributed by atoms with van der Waals surface area (Å²) in [6.45, 7) is 17.6. The number of allylic oxidation sites excluding steroid dienone is 2. The van der Waals surface area contributed by atoms with E-state index in [4.69, 9.17) is 9.31 Å². The lowest BCUT2D eigenvalue weighted by Crippen LogP contribution is -2.41. The van der Waals surface area contributed by atoms with Gasteiger partial charge in [0.2, 0.25) is 0 Å². The van der Waals surface area contributed by atoms with Crippen LogP contribution in [-0.4, -0.2) is 39.3 Å². The number of rotatable bonds is 4. The molecule has 9 rings (SSSR count). The fraction of sp³-hybridized carbons (Fsp3) is 0.292. The quantitative estimate of drug-likeness (QED) is 0.166. The lowest BCUT2D eigenvalue weighted by Gasteiger charge is -2.32. The minimum atomic E-state index is -0.465. The van der Waals surface area contributed by atoms with E-state index in [0.717, 1.165) is 60.9 Å². The van der Waals surface area contributed by atoms with Crippen molar-refractivity contribution in [3.63, 3.8) is 0 Å². The minimum absolute atomic E-state index is 0.0219. The number of fused-ring (bicyclic) bond motifs is 4. The van der Waals surface area contributed by atoms with Crippen molar-refractivity contribution < 1.29 is 18.9 Å². The maximum absolute atomic E-state index is 13.2. The van der Waals surface area contributed by atoms with Gasteiger partial charge in [-0.05, 0) is 143 Å². The summed E-state index contributed by atoms with van der Waals surface area (Å²) in [5.74, 6) is 0.109. The van der Waals surface area contributed by atoms with Crippen molar-refractivity contribution in [3.05, 3.63) is 141 Å². The number of carbonyl (C=O) groups excluding carboxylic acids is 2. The molecule has 58 heavy (non-hydrogen) atoms. The maximum atomic E-state index is 13.2. The van der Waals surface area contributed by atoms with Crippen LogP contribution in [0.15, 0.2) is 113 Å². The molecule has 1 saturated heterocycles. The van der Waals surface area contributed by atoms with Crippen molar-refractivity contribution in [2.24, 2.45) is 14.1 Å². The highest BCUT2D eigenvalue weighted by Gasteiger charge is 2.52. The van der Waals surface area contributed by atoms with E-state index >= 15 is 0 Å². The molecule has 3 aliphatic rings. The van der Waals surface area contributed by atoms with Crippen molar-refractivity contribution in [2.75, 3.05) is 9.80 Å². The Morgan fingerprint density at radius 1 is 0.638 bits per heavy atom. The van der Waals surface area contributed by atoms with Crippen LogP contribution in [0, 0.1) is 0 Å². The molecule has 0 unspecified atom stereocenters. The molecule has 298 valence electrons. The van der Waals surface area contributed by atoms with E-state index in [2.05, 4.69) is 93.5 Å². The average Bonchev–Trinajstić information content (AvgIpc) is 3.97. The van der Waals surface area contributed by atoms with E-state index in [9.17, 15) is 9.59 Å². The number of benzene rings is 4. The molecule has 4 aromatic carbocycles. The highest BCUT2D eigenvalue weighted by molar-refractivity contribution is 9.11. The first-order chi connectivity index (χ1) is 27.5. The molecule has 0 bridgehead atoms. The highest BCUT2D eigenvalue weighted by Crippen LogP contribution is 2.37. The topological polar surface area (TPSA) is 68.9 Å². The molecule has 2 amide bonds. The first kappa shape index (κ1) is 41.0. The van der Waals surface area contributed by atoms with Crippen LogP contribution < -0.4 is 15.3 Å². The van der Waals surface area contributed by atoms with Gasteiger partial charge in [-0.15, -0.1) is 0 Å². The third-order valence-corrected chi connectivity index (χ3v) is 12.4. The number of hydrogen-bond donors (Lipinski definition) is 0. The van der Waals surface area contributed by atoms with Gasteiger partial charge in [0.25, 0.3) is 11.8 Å². The summed E-state index contributed by atoms with van der Waals surface area (Å²) in [4.78, 5) is 31.7. The van der Waals surface area contributed by atoms with E-state index in [1.165, 1.54) is 16.7 Å². The standard InChI is InChI=1S/C23H25BN2O3.C21H20N2O.C4H7Br/c1-22(2)23(3,4)29-24(28-22)17-7-6-16-14-26(21(27)19(16)13-17)18-8-9-20-15(12-18)10-11-25(20)5;1-14(2)10-15-4-5-17-13-23(21(24)19(17)11-15)18-6-7-20-16(12-18)8-9-22(20)3;1-4(2)3-5/h6-13H,14H2,1-5H3;4-12H,13H2,1-3H3;3H,1-2H3. The molecule has 3 aliphatic heterocycles. The van der Waals surface area contributed by atoms with Crippen LogP contribution >= 0.6 is 15.9 Å². The predicted octanol–water partition coefficient (Wildman–Crippen LogP) is 10.7. The molecule has 1 fully saturated rings. The van der Waals surface area contributed by atoms with Gasteiger partial charge in [-0.1, -0.05) is 57.4 Å². The van der Waals surface area contributed by atoms with E-state index < -0.39 is 18.3 Å². The Bertz CT molecular complexity index is 2610. The van der Waals surface area contributed by atoms with Crippen LogP contribution in [0.3, 0.4) is 0 Å². The molecule has 10 heteroatoms. The van der Waals surface area contributed by atoms with Gasteiger partial charge in [-0.2, -0.15) is 0 Å². The Balaban J connectivity index is 0.000000161. The summed E-state index contributed by atoms with van der Waals surface area (Å²) in [6, 6.07) is 28.6. The monoisotopic (exact) mass is 838 g/mol. The Hall–Kier alpha value is -5.16. The molecule has 6 aromatic rings. The molecule has 0 N–H and O–H groups in total. The number of carbonyl (C=O) groups is 2. The molecular formula is C48H52BBrN4O4. The Labute approximate surface area is 351 Å². The third-order valence-electron chi connectivity index (χ3n) is 11.4. The van der Waals surface area contributed by atoms with E-state index in [1.54, 1.807) is 0 Å². The Morgan fingerprint density at radius 3 is 1.57 bits per heavy atom. The van der Waals surface area contributed by atoms with Gasteiger partial charge >= 0.3 is 7.12 Å². The highest BCUT2D eigenvalue weighted by atomic mass is 79.9. The molecule has 8 nitrogen and oxygen atoms in total.